The molecule has 1 N–H and O–H groups in total. The molecule has 2 rings (SSSR count). The van der Waals surface area contributed by atoms with E-state index in [1.165, 1.54) is 5.56 Å². The van der Waals surface area contributed by atoms with Crippen LogP contribution in [0.2, 0.25) is 5.02 Å². The van der Waals surface area contributed by atoms with E-state index < -0.39 is 0 Å². The molecule has 0 aromatic heterocycles. The molecule has 1 unspecified atom stereocenters. The molecule has 0 amide bonds. The Bertz CT molecular complexity index is 342. The molecule has 3 heteroatoms. The number of rotatable bonds is 2. The number of β-amino-alcohol motifs (C(OH)–C–C–N with tert-alkyl or cyclic N) is 1. The second-order valence-electron chi connectivity index (χ2n) is 4.17. The summed E-state index contributed by atoms with van der Waals surface area (Å²) in [6.45, 7) is 3.90. The number of hydrogen-bond acceptors (Lipinski definition) is 2. The highest BCUT2D eigenvalue weighted by molar-refractivity contribution is 6.30. The minimum atomic E-state index is -0.161. The van der Waals surface area contributed by atoms with Crippen molar-refractivity contribution in [1.82, 2.24) is 4.90 Å². The zero-order valence-corrected chi connectivity index (χ0v) is 9.61. The second-order valence-corrected chi connectivity index (χ2v) is 4.60. The van der Waals surface area contributed by atoms with Crippen molar-refractivity contribution >= 4 is 11.6 Å². The van der Waals surface area contributed by atoms with E-state index in [1.807, 2.05) is 18.2 Å². The van der Waals surface area contributed by atoms with Gasteiger partial charge in [0.15, 0.2) is 0 Å². The standard InChI is InChI=1S/C12H16ClNO/c1-9(14-6-5-12(15)8-14)10-3-2-4-11(13)7-10/h2-4,7,9,12,15H,5-6,8H2,1H3/t9?,12-/m0/s1. The lowest BCUT2D eigenvalue weighted by Crippen LogP contribution is -2.25. The van der Waals surface area contributed by atoms with Crippen LogP contribution in [0.3, 0.4) is 0 Å². The summed E-state index contributed by atoms with van der Waals surface area (Å²) in [6, 6.07) is 8.27. The van der Waals surface area contributed by atoms with E-state index in [9.17, 15) is 5.11 Å². The van der Waals surface area contributed by atoms with Gasteiger partial charge in [-0.1, -0.05) is 23.7 Å². The van der Waals surface area contributed by atoms with Crippen LogP contribution in [0.15, 0.2) is 24.3 Å². The lowest BCUT2D eigenvalue weighted by atomic mass is 10.1. The van der Waals surface area contributed by atoms with Gasteiger partial charge in [-0.15, -0.1) is 0 Å². The molecule has 0 saturated carbocycles. The summed E-state index contributed by atoms with van der Waals surface area (Å²) in [5, 5.41) is 10.3. The number of halogens is 1. The highest BCUT2D eigenvalue weighted by Gasteiger charge is 2.25. The molecule has 0 bridgehead atoms. The summed E-state index contributed by atoms with van der Waals surface area (Å²) in [5.74, 6) is 0. The molecule has 15 heavy (non-hydrogen) atoms. The molecule has 1 heterocycles. The van der Waals surface area contributed by atoms with Gasteiger partial charge in [0.05, 0.1) is 6.10 Å². The molecular formula is C12H16ClNO. The van der Waals surface area contributed by atoms with Gasteiger partial charge in [0, 0.05) is 24.2 Å². The van der Waals surface area contributed by atoms with Crippen molar-refractivity contribution in [3.63, 3.8) is 0 Å². The maximum atomic E-state index is 9.48. The monoisotopic (exact) mass is 225 g/mol. The number of aliphatic hydroxyl groups is 1. The maximum Gasteiger partial charge on any atom is 0.0679 e. The zero-order valence-electron chi connectivity index (χ0n) is 8.86. The number of aliphatic hydroxyl groups excluding tert-OH is 1. The first-order valence-corrected chi connectivity index (χ1v) is 5.72. The van der Waals surface area contributed by atoms with Crippen LogP contribution in [0.1, 0.15) is 24.9 Å². The first-order chi connectivity index (χ1) is 7.16. The molecule has 1 aliphatic heterocycles. The first kappa shape index (κ1) is 10.9. The molecule has 1 aromatic carbocycles. The largest absolute Gasteiger partial charge is 0.392 e. The molecule has 1 aliphatic rings. The van der Waals surface area contributed by atoms with E-state index in [1.54, 1.807) is 0 Å². The smallest absolute Gasteiger partial charge is 0.0679 e. The Morgan fingerprint density at radius 1 is 1.53 bits per heavy atom. The fourth-order valence-electron chi connectivity index (χ4n) is 2.10. The van der Waals surface area contributed by atoms with Crippen LogP contribution in [0.5, 0.6) is 0 Å². The normalized spacial score (nSPS) is 24.3. The topological polar surface area (TPSA) is 23.5 Å². The minimum Gasteiger partial charge on any atom is -0.392 e. The molecule has 1 fully saturated rings. The van der Waals surface area contributed by atoms with E-state index in [0.29, 0.717) is 6.04 Å². The zero-order chi connectivity index (χ0) is 10.8. The van der Waals surface area contributed by atoms with Gasteiger partial charge in [-0.3, -0.25) is 4.90 Å². The highest BCUT2D eigenvalue weighted by atomic mass is 35.5. The number of hydrogen-bond donors (Lipinski definition) is 1. The highest BCUT2D eigenvalue weighted by Crippen LogP contribution is 2.26. The Morgan fingerprint density at radius 2 is 2.33 bits per heavy atom. The summed E-state index contributed by atoms with van der Waals surface area (Å²) < 4.78 is 0. The molecule has 82 valence electrons. The fraction of sp³-hybridized carbons (Fsp3) is 0.500. The van der Waals surface area contributed by atoms with Crippen molar-refractivity contribution in [3.8, 4) is 0 Å². The lowest BCUT2D eigenvalue weighted by molar-refractivity contribution is 0.163. The van der Waals surface area contributed by atoms with Crippen molar-refractivity contribution in [3.05, 3.63) is 34.9 Å². The van der Waals surface area contributed by atoms with Gasteiger partial charge < -0.3 is 5.11 Å². The van der Waals surface area contributed by atoms with Crippen LogP contribution in [0, 0.1) is 0 Å². The van der Waals surface area contributed by atoms with Crippen LogP contribution >= 0.6 is 11.6 Å². The number of benzene rings is 1. The van der Waals surface area contributed by atoms with Crippen molar-refractivity contribution in [1.29, 1.82) is 0 Å². The molecule has 2 atom stereocenters. The summed E-state index contributed by atoms with van der Waals surface area (Å²) in [5.41, 5.74) is 1.22. The van der Waals surface area contributed by atoms with E-state index >= 15 is 0 Å². The minimum absolute atomic E-state index is 0.161. The van der Waals surface area contributed by atoms with Crippen LogP contribution in [0.25, 0.3) is 0 Å². The Labute approximate surface area is 95.5 Å². The third-order valence-corrected chi connectivity index (χ3v) is 3.31. The van der Waals surface area contributed by atoms with Crippen LogP contribution in [-0.2, 0) is 0 Å². The third kappa shape index (κ3) is 2.51. The predicted molar refractivity (Wildman–Crippen MR) is 62.1 cm³/mol. The lowest BCUT2D eigenvalue weighted by Gasteiger charge is -2.24. The van der Waals surface area contributed by atoms with Crippen molar-refractivity contribution in [2.45, 2.75) is 25.5 Å². The van der Waals surface area contributed by atoms with Gasteiger partial charge >= 0.3 is 0 Å². The molecule has 1 aromatic rings. The summed E-state index contributed by atoms with van der Waals surface area (Å²) in [7, 11) is 0. The van der Waals surface area contributed by atoms with Crippen molar-refractivity contribution in [2.24, 2.45) is 0 Å². The Hall–Kier alpha value is -0.570. The van der Waals surface area contributed by atoms with E-state index in [0.717, 1.165) is 24.5 Å². The van der Waals surface area contributed by atoms with Gasteiger partial charge in [0.1, 0.15) is 0 Å². The molecule has 0 radical (unpaired) electrons. The summed E-state index contributed by atoms with van der Waals surface area (Å²) >= 11 is 5.96. The Morgan fingerprint density at radius 3 is 2.93 bits per heavy atom. The third-order valence-electron chi connectivity index (χ3n) is 3.07. The van der Waals surface area contributed by atoms with Crippen molar-refractivity contribution in [2.75, 3.05) is 13.1 Å². The SMILES string of the molecule is CC(c1cccc(Cl)c1)N1CC[C@H](O)C1. The molecule has 2 nitrogen and oxygen atoms in total. The summed E-state index contributed by atoms with van der Waals surface area (Å²) in [6.07, 6.45) is 0.719. The van der Waals surface area contributed by atoms with Crippen molar-refractivity contribution < 1.29 is 5.11 Å². The Kier molecular flexibility index (Phi) is 3.29. The second kappa shape index (κ2) is 4.52. The van der Waals surface area contributed by atoms with E-state index in [2.05, 4.69) is 17.9 Å². The molecular weight excluding hydrogens is 210 g/mol. The fourth-order valence-corrected chi connectivity index (χ4v) is 2.30. The van der Waals surface area contributed by atoms with Crippen LogP contribution in [-0.4, -0.2) is 29.2 Å². The average molecular weight is 226 g/mol. The summed E-state index contributed by atoms with van der Waals surface area (Å²) in [4.78, 5) is 2.29. The molecule has 1 saturated heterocycles. The quantitative estimate of drug-likeness (QED) is 0.836. The van der Waals surface area contributed by atoms with E-state index in [-0.39, 0.29) is 6.10 Å². The van der Waals surface area contributed by atoms with E-state index in [4.69, 9.17) is 11.6 Å². The maximum absolute atomic E-state index is 9.48. The van der Waals surface area contributed by atoms with Gasteiger partial charge in [0.2, 0.25) is 0 Å². The van der Waals surface area contributed by atoms with Crippen LogP contribution < -0.4 is 0 Å². The Balaban J connectivity index is 2.10. The number of nitrogens with zero attached hydrogens (tertiary/aromatic N) is 1. The predicted octanol–water partition coefficient (Wildman–Crippen LogP) is 2.47. The average Bonchev–Trinajstić information content (AvgIpc) is 2.64. The van der Waals surface area contributed by atoms with Gasteiger partial charge in [-0.2, -0.15) is 0 Å². The van der Waals surface area contributed by atoms with Gasteiger partial charge in [-0.25, -0.2) is 0 Å². The number of likely N-dealkylation sites (tertiary alicyclic amines) is 1. The molecule has 0 spiro atoms. The van der Waals surface area contributed by atoms with Gasteiger partial charge in [-0.05, 0) is 31.0 Å². The van der Waals surface area contributed by atoms with Crippen LogP contribution in [0.4, 0.5) is 0 Å². The van der Waals surface area contributed by atoms with Gasteiger partial charge in [0.25, 0.3) is 0 Å². The molecule has 0 aliphatic carbocycles. The first-order valence-electron chi connectivity index (χ1n) is 5.34.